The number of hydrogen-bond acceptors (Lipinski definition) is 2. The van der Waals surface area contributed by atoms with E-state index in [1.807, 2.05) is 12.1 Å². The van der Waals surface area contributed by atoms with Gasteiger partial charge in [0, 0.05) is 5.88 Å². The summed E-state index contributed by atoms with van der Waals surface area (Å²) in [7, 11) is 0. The maximum atomic E-state index is 12.6. The van der Waals surface area contributed by atoms with E-state index in [4.69, 9.17) is 16.3 Å². The van der Waals surface area contributed by atoms with Gasteiger partial charge in [-0.1, -0.05) is 37.8 Å². The Balaban J connectivity index is 1.39. The molecule has 1 aromatic rings. The smallest absolute Gasteiger partial charge is 0.338 e. The monoisotopic (exact) mass is 450 g/mol. The first kappa shape index (κ1) is 24.6. The minimum Gasteiger partial charge on any atom is -0.459 e. The topological polar surface area (TPSA) is 26.3 Å². The Kier molecular flexibility index (Phi) is 10.7. The van der Waals surface area contributed by atoms with E-state index < -0.39 is 0 Å². The number of carbonyl (C=O) groups is 1. The van der Waals surface area contributed by atoms with Crippen LogP contribution in [-0.4, -0.2) is 24.6 Å². The van der Waals surface area contributed by atoms with Gasteiger partial charge in [0.1, 0.15) is 6.10 Å². The predicted molar refractivity (Wildman–Crippen MR) is 127 cm³/mol. The van der Waals surface area contributed by atoms with Crippen molar-refractivity contribution in [1.29, 1.82) is 0 Å². The van der Waals surface area contributed by atoms with Crippen LogP contribution in [0.3, 0.4) is 0 Å². The molecule has 0 atom stereocenters. The minimum atomic E-state index is -0.206. The van der Waals surface area contributed by atoms with Gasteiger partial charge in [-0.05, 0) is 99.7 Å². The number of halogens is 2. The van der Waals surface area contributed by atoms with Crippen LogP contribution in [0.1, 0.15) is 112 Å². The van der Waals surface area contributed by atoms with Gasteiger partial charge >= 0.3 is 5.97 Å². The van der Waals surface area contributed by atoms with Gasteiger partial charge in [-0.2, -0.15) is 0 Å². The van der Waals surface area contributed by atoms with Gasteiger partial charge in [0.05, 0.1) is 12.2 Å². The highest BCUT2D eigenvalue weighted by molar-refractivity contribution is 6.17. The molecule has 31 heavy (non-hydrogen) atoms. The van der Waals surface area contributed by atoms with Gasteiger partial charge in [-0.15, -0.1) is 11.6 Å². The lowest BCUT2D eigenvalue weighted by Crippen LogP contribution is -2.24. The summed E-state index contributed by atoms with van der Waals surface area (Å²) in [6.45, 7) is -0.206. The lowest BCUT2D eigenvalue weighted by Gasteiger charge is -2.29. The van der Waals surface area contributed by atoms with Gasteiger partial charge < -0.3 is 4.74 Å². The average Bonchev–Trinajstić information content (AvgIpc) is 2.81. The normalized spacial score (nSPS) is 26.5. The zero-order valence-electron chi connectivity index (χ0n) is 19.0. The quantitative estimate of drug-likeness (QED) is 0.193. The number of hydrogen-bond donors (Lipinski definition) is 0. The van der Waals surface area contributed by atoms with E-state index in [1.54, 1.807) is 0 Å². The van der Waals surface area contributed by atoms with E-state index in [1.165, 1.54) is 44.1 Å². The Morgan fingerprint density at radius 3 is 2.00 bits per heavy atom. The molecule has 2 aliphatic rings. The van der Waals surface area contributed by atoms with Crippen LogP contribution < -0.4 is 0 Å². The highest BCUT2D eigenvalue weighted by atomic mass is 35.5. The third-order valence-electron chi connectivity index (χ3n) is 7.52. The lowest BCUT2D eigenvalue weighted by atomic mass is 9.77. The van der Waals surface area contributed by atoms with E-state index in [2.05, 4.69) is 12.1 Å². The first-order valence-electron chi connectivity index (χ1n) is 12.6. The largest absolute Gasteiger partial charge is 0.459 e. The van der Waals surface area contributed by atoms with Gasteiger partial charge in [-0.3, -0.25) is 4.39 Å². The first-order valence-corrected chi connectivity index (χ1v) is 13.2. The van der Waals surface area contributed by atoms with Crippen LogP contribution in [0.5, 0.6) is 0 Å². The Hall–Kier alpha value is -1.09. The summed E-state index contributed by atoms with van der Waals surface area (Å²) in [4.78, 5) is 12.6. The summed E-state index contributed by atoms with van der Waals surface area (Å²) < 4.78 is 18.0. The van der Waals surface area contributed by atoms with Crippen LogP contribution in [0, 0.1) is 11.8 Å². The van der Waals surface area contributed by atoms with Gasteiger partial charge in [0.25, 0.3) is 0 Å². The molecule has 0 aromatic heterocycles. The molecule has 0 radical (unpaired) electrons. The molecule has 0 heterocycles. The molecule has 0 bridgehead atoms. The maximum Gasteiger partial charge on any atom is 0.338 e. The fourth-order valence-electron chi connectivity index (χ4n) is 5.49. The summed E-state index contributed by atoms with van der Waals surface area (Å²) in [6, 6.07) is 8.17. The summed E-state index contributed by atoms with van der Waals surface area (Å²) in [6.07, 6.45) is 15.7. The number of ether oxygens (including phenoxy) is 1. The lowest BCUT2D eigenvalue weighted by molar-refractivity contribution is 0.0160. The molecule has 0 saturated heterocycles. The van der Waals surface area contributed by atoms with Crippen LogP contribution in [0.4, 0.5) is 4.39 Å². The molecule has 2 fully saturated rings. The second-order valence-electron chi connectivity index (χ2n) is 9.76. The molecule has 0 amide bonds. The highest BCUT2D eigenvalue weighted by Crippen LogP contribution is 2.38. The van der Waals surface area contributed by atoms with Crippen LogP contribution in [0.15, 0.2) is 24.3 Å². The number of esters is 1. The van der Waals surface area contributed by atoms with Crippen molar-refractivity contribution in [3.05, 3.63) is 35.4 Å². The molecule has 0 spiro atoms. The van der Waals surface area contributed by atoms with Crippen LogP contribution in [0.25, 0.3) is 0 Å². The first-order chi connectivity index (χ1) is 15.2. The van der Waals surface area contributed by atoms with E-state index in [0.29, 0.717) is 23.8 Å². The highest BCUT2D eigenvalue weighted by Gasteiger charge is 2.25. The molecule has 0 unspecified atom stereocenters. The molecular weight excluding hydrogens is 411 g/mol. The summed E-state index contributed by atoms with van der Waals surface area (Å²) in [5.41, 5.74) is 2.04. The van der Waals surface area contributed by atoms with Gasteiger partial charge in [0.2, 0.25) is 0 Å². The van der Waals surface area contributed by atoms with E-state index >= 15 is 0 Å². The fraction of sp³-hybridized carbons (Fsp3) is 0.741. The minimum absolute atomic E-state index is 0.0404. The second kappa shape index (κ2) is 13.5. The van der Waals surface area contributed by atoms with Crippen molar-refractivity contribution in [3.63, 3.8) is 0 Å². The average molecular weight is 451 g/mol. The van der Waals surface area contributed by atoms with Crippen molar-refractivity contribution < 1.29 is 13.9 Å². The molecular formula is C27H40ClFO2. The van der Waals surface area contributed by atoms with Crippen LogP contribution >= 0.6 is 11.6 Å². The standard InChI is InChI=1S/C27H40ClFO2/c28-19-3-1-5-21-7-11-23(12-8-21)24-13-15-25(16-14-24)27(30)31-26-17-9-22(10-18-26)6-2-4-20-29/h13-16,21-23,26H,1-12,17-20H2. The zero-order valence-corrected chi connectivity index (χ0v) is 19.8. The number of unbranched alkanes of at least 4 members (excludes halogenated alkanes) is 2. The zero-order chi connectivity index (χ0) is 21.9. The number of rotatable bonds is 11. The van der Waals surface area contributed by atoms with E-state index in [-0.39, 0.29) is 18.7 Å². The molecule has 174 valence electrons. The number of benzene rings is 1. The molecule has 3 rings (SSSR count). The third kappa shape index (κ3) is 8.08. The SMILES string of the molecule is O=C(OC1CCC(CCCCF)CC1)c1ccc(C2CCC(CCCCCl)CC2)cc1. The van der Waals surface area contributed by atoms with Crippen molar-refractivity contribution in [1.82, 2.24) is 0 Å². The molecule has 2 nitrogen and oxygen atoms in total. The Labute approximate surface area is 193 Å². The number of alkyl halides is 2. The Morgan fingerprint density at radius 1 is 0.839 bits per heavy atom. The van der Waals surface area contributed by atoms with E-state index in [9.17, 15) is 9.18 Å². The molecule has 2 saturated carbocycles. The summed E-state index contributed by atoms with van der Waals surface area (Å²) >= 11 is 5.80. The molecule has 2 aliphatic carbocycles. The van der Waals surface area contributed by atoms with Gasteiger partial charge in [0.15, 0.2) is 0 Å². The van der Waals surface area contributed by atoms with Crippen molar-refractivity contribution in [2.45, 2.75) is 102 Å². The number of carbonyl (C=O) groups excluding carboxylic acids is 1. The third-order valence-corrected chi connectivity index (χ3v) is 7.79. The van der Waals surface area contributed by atoms with Crippen LogP contribution in [0.2, 0.25) is 0 Å². The maximum absolute atomic E-state index is 12.6. The fourth-order valence-corrected chi connectivity index (χ4v) is 5.68. The van der Waals surface area contributed by atoms with Gasteiger partial charge in [-0.25, -0.2) is 4.79 Å². The van der Waals surface area contributed by atoms with Crippen LogP contribution in [-0.2, 0) is 4.74 Å². The summed E-state index contributed by atoms with van der Waals surface area (Å²) in [5.74, 6) is 2.77. The predicted octanol–water partition coefficient (Wildman–Crippen LogP) is 8.22. The van der Waals surface area contributed by atoms with Crippen molar-refractivity contribution >= 4 is 17.6 Å². The van der Waals surface area contributed by atoms with Crippen molar-refractivity contribution in [2.24, 2.45) is 11.8 Å². The Morgan fingerprint density at radius 2 is 1.42 bits per heavy atom. The molecule has 1 aromatic carbocycles. The van der Waals surface area contributed by atoms with E-state index in [0.717, 1.165) is 56.7 Å². The Bertz CT molecular complexity index is 631. The summed E-state index contributed by atoms with van der Waals surface area (Å²) in [5, 5.41) is 0. The van der Waals surface area contributed by atoms with Crippen molar-refractivity contribution in [2.75, 3.05) is 12.6 Å². The van der Waals surface area contributed by atoms with Crippen molar-refractivity contribution in [3.8, 4) is 0 Å². The molecule has 0 N–H and O–H groups in total. The molecule has 0 aliphatic heterocycles. The molecule has 4 heteroatoms. The second-order valence-corrected chi connectivity index (χ2v) is 10.1.